The Hall–Kier alpha value is -2.78. The van der Waals surface area contributed by atoms with Gasteiger partial charge in [0.25, 0.3) is 0 Å². The fourth-order valence-electron chi connectivity index (χ4n) is 4.32. The molecule has 1 fully saturated rings. The molecule has 2 aromatic carbocycles. The van der Waals surface area contributed by atoms with E-state index in [1.165, 1.54) is 0 Å². The first-order valence-electron chi connectivity index (χ1n) is 11.2. The van der Waals surface area contributed by atoms with Gasteiger partial charge < -0.3 is 9.47 Å². The van der Waals surface area contributed by atoms with Crippen LogP contribution in [0.3, 0.4) is 0 Å². The van der Waals surface area contributed by atoms with Crippen LogP contribution in [0.1, 0.15) is 62.5 Å². The van der Waals surface area contributed by atoms with Crippen molar-refractivity contribution in [2.75, 3.05) is 0 Å². The highest BCUT2D eigenvalue weighted by atomic mass is 19.4. The van der Waals surface area contributed by atoms with Crippen LogP contribution in [0.15, 0.2) is 42.7 Å². The van der Waals surface area contributed by atoms with Crippen LogP contribution >= 0.6 is 0 Å². The molecule has 1 aliphatic carbocycles. The van der Waals surface area contributed by atoms with Gasteiger partial charge in [-0.3, -0.25) is 0 Å². The van der Waals surface area contributed by atoms with E-state index in [0.717, 1.165) is 49.9 Å². The number of ether oxygens (including phenoxy) is 2. The molecule has 0 bridgehead atoms. The lowest BCUT2D eigenvalue weighted by atomic mass is 9.77. The second-order valence-electron chi connectivity index (χ2n) is 8.54. The van der Waals surface area contributed by atoms with Crippen LogP contribution in [0.2, 0.25) is 0 Å². The summed E-state index contributed by atoms with van der Waals surface area (Å²) in [6.07, 6.45) is -3.94. The minimum absolute atomic E-state index is 0.135. The van der Waals surface area contributed by atoms with Crippen molar-refractivity contribution in [2.24, 2.45) is 5.92 Å². The number of allylic oxidation sites excluding steroid dienone is 1. The second-order valence-corrected chi connectivity index (χ2v) is 8.54. The topological polar surface area (TPSA) is 18.5 Å². The SMILES string of the molecule is CCCC1CCC(c2cc(F)c(C(F)(F)Oc3ccc(O/C=C/C(F)(F)F)c(F)c3)c(F)c2)CC1. The lowest BCUT2D eigenvalue weighted by Crippen LogP contribution is -2.25. The van der Waals surface area contributed by atoms with Crippen LogP contribution in [-0.2, 0) is 6.11 Å². The molecule has 2 aromatic rings. The Morgan fingerprint density at radius 1 is 0.886 bits per heavy atom. The van der Waals surface area contributed by atoms with Gasteiger partial charge in [0.2, 0.25) is 0 Å². The molecular weight excluding hydrogens is 484 g/mol. The lowest BCUT2D eigenvalue weighted by molar-refractivity contribution is -0.189. The van der Waals surface area contributed by atoms with Crippen molar-refractivity contribution in [3.8, 4) is 11.5 Å². The number of alkyl halides is 5. The molecule has 2 nitrogen and oxygen atoms in total. The fourth-order valence-corrected chi connectivity index (χ4v) is 4.32. The molecule has 192 valence electrons. The maximum atomic E-state index is 14.6. The molecule has 0 aromatic heterocycles. The van der Waals surface area contributed by atoms with E-state index >= 15 is 0 Å². The Bertz CT molecular complexity index is 1020. The van der Waals surface area contributed by atoms with Gasteiger partial charge in [-0.05, 0) is 67.3 Å². The van der Waals surface area contributed by atoms with Crippen molar-refractivity contribution in [3.05, 3.63) is 71.2 Å². The van der Waals surface area contributed by atoms with E-state index in [2.05, 4.69) is 16.4 Å². The summed E-state index contributed by atoms with van der Waals surface area (Å²) in [5.41, 5.74) is -1.32. The predicted molar refractivity (Wildman–Crippen MR) is 113 cm³/mol. The molecule has 0 heterocycles. The smallest absolute Gasteiger partial charge is 0.432 e. The van der Waals surface area contributed by atoms with Crippen LogP contribution in [-0.4, -0.2) is 6.18 Å². The van der Waals surface area contributed by atoms with Gasteiger partial charge in [0, 0.05) is 6.07 Å². The van der Waals surface area contributed by atoms with E-state index in [1.54, 1.807) is 0 Å². The number of halogens is 8. The van der Waals surface area contributed by atoms with Crippen LogP contribution < -0.4 is 9.47 Å². The molecule has 0 spiro atoms. The average Bonchev–Trinajstić information content (AvgIpc) is 2.74. The van der Waals surface area contributed by atoms with Gasteiger partial charge >= 0.3 is 12.3 Å². The maximum Gasteiger partial charge on any atom is 0.432 e. The first kappa shape index (κ1) is 26.8. The molecule has 1 aliphatic rings. The highest BCUT2D eigenvalue weighted by molar-refractivity contribution is 5.36. The summed E-state index contributed by atoms with van der Waals surface area (Å²) in [6.45, 7) is 2.09. The molecule has 0 N–H and O–H groups in total. The molecule has 10 heteroatoms. The Kier molecular flexibility index (Phi) is 8.33. The van der Waals surface area contributed by atoms with Gasteiger partial charge in [-0.2, -0.15) is 22.0 Å². The summed E-state index contributed by atoms with van der Waals surface area (Å²) in [5, 5.41) is 0. The summed E-state index contributed by atoms with van der Waals surface area (Å²) in [4.78, 5) is 0. The minimum atomic E-state index is -4.69. The highest BCUT2D eigenvalue weighted by Crippen LogP contribution is 2.41. The molecule has 0 atom stereocenters. The normalized spacial score (nSPS) is 19.2. The van der Waals surface area contributed by atoms with Gasteiger partial charge in [-0.1, -0.05) is 19.8 Å². The van der Waals surface area contributed by atoms with Crippen LogP contribution in [0.4, 0.5) is 35.1 Å². The number of benzene rings is 2. The predicted octanol–water partition coefficient (Wildman–Crippen LogP) is 8.76. The Morgan fingerprint density at radius 3 is 2.06 bits per heavy atom. The van der Waals surface area contributed by atoms with Crippen molar-refractivity contribution in [1.82, 2.24) is 0 Å². The van der Waals surface area contributed by atoms with Crippen molar-refractivity contribution in [1.29, 1.82) is 0 Å². The van der Waals surface area contributed by atoms with E-state index < -0.39 is 46.8 Å². The van der Waals surface area contributed by atoms with E-state index in [4.69, 9.17) is 0 Å². The molecule has 0 radical (unpaired) electrons. The average molecular weight is 508 g/mol. The highest BCUT2D eigenvalue weighted by Gasteiger charge is 2.41. The van der Waals surface area contributed by atoms with Crippen LogP contribution in [0.5, 0.6) is 11.5 Å². The molecular formula is C25H24F8O2. The standard InChI is InChI=1S/C25H24F8O2/c1-2-3-15-4-6-16(7-5-15)17-12-20(27)23(21(28)13-17)25(32,33)35-18-8-9-22(19(26)14-18)34-11-10-24(29,30)31/h8-16H,2-7H2,1H3/b11-10+. The molecule has 0 aliphatic heterocycles. The molecule has 0 unspecified atom stereocenters. The summed E-state index contributed by atoms with van der Waals surface area (Å²) in [7, 11) is 0. The van der Waals surface area contributed by atoms with Crippen molar-refractivity contribution < 1.29 is 44.6 Å². The third-order valence-corrected chi connectivity index (χ3v) is 5.97. The third kappa shape index (κ3) is 7.11. The molecule has 35 heavy (non-hydrogen) atoms. The van der Waals surface area contributed by atoms with Crippen molar-refractivity contribution >= 4 is 0 Å². The zero-order valence-electron chi connectivity index (χ0n) is 18.8. The van der Waals surface area contributed by atoms with Crippen molar-refractivity contribution in [3.63, 3.8) is 0 Å². The summed E-state index contributed by atoms with van der Waals surface area (Å²) in [5.74, 6) is -5.38. The molecule has 0 saturated heterocycles. The van der Waals surface area contributed by atoms with Crippen LogP contribution in [0.25, 0.3) is 0 Å². The summed E-state index contributed by atoms with van der Waals surface area (Å²) in [6, 6.07) is 3.68. The van der Waals surface area contributed by atoms with E-state index in [1.807, 2.05) is 0 Å². The number of rotatable bonds is 8. The lowest BCUT2D eigenvalue weighted by Gasteiger charge is -2.29. The molecule has 1 saturated carbocycles. The first-order chi connectivity index (χ1) is 16.4. The Balaban J connectivity index is 1.74. The Morgan fingerprint density at radius 2 is 1.51 bits per heavy atom. The molecule has 0 amide bonds. The van der Waals surface area contributed by atoms with Gasteiger partial charge in [-0.15, -0.1) is 0 Å². The number of hydrogen-bond donors (Lipinski definition) is 0. The van der Waals surface area contributed by atoms with Gasteiger partial charge in [0.15, 0.2) is 11.6 Å². The third-order valence-electron chi connectivity index (χ3n) is 5.97. The zero-order chi connectivity index (χ0) is 25.8. The summed E-state index contributed by atoms with van der Waals surface area (Å²) < 4.78 is 118. The second kappa shape index (κ2) is 10.9. The van der Waals surface area contributed by atoms with E-state index in [-0.39, 0.29) is 18.3 Å². The minimum Gasteiger partial charge on any atom is -0.462 e. The maximum absolute atomic E-state index is 14.6. The first-order valence-corrected chi connectivity index (χ1v) is 11.2. The summed E-state index contributed by atoms with van der Waals surface area (Å²) >= 11 is 0. The fraction of sp³-hybridized carbons (Fsp3) is 0.440. The van der Waals surface area contributed by atoms with Crippen LogP contribution in [0, 0.1) is 23.4 Å². The van der Waals surface area contributed by atoms with E-state index in [9.17, 15) is 35.1 Å². The van der Waals surface area contributed by atoms with Gasteiger partial charge in [0.05, 0.1) is 12.3 Å². The quantitative estimate of drug-likeness (QED) is 0.262. The zero-order valence-corrected chi connectivity index (χ0v) is 18.8. The van der Waals surface area contributed by atoms with Gasteiger partial charge in [0.1, 0.15) is 22.9 Å². The van der Waals surface area contributed by atoms with E-state index in [0.29, 0.717) is 30.4 Å². The Labute approximate surface area is 197 Å². The van der Waals surface area contributed by atoms with Crippen molar-refractivity contribution in [2.45, 2.75) is 63.7 Å². The molecule has 3 rings (SSSR count). The monoisotopic (exact) mass is 508 g/mol. The largest absolute Gasteiger partial charge is 0.462 e. The van der Waals surface area contributed by atoms with Gasteiger partial charge in [-0.25, -0.2) is 13.2 Å². The number of hydrogen-bond acceptors (Lipinski definition) is 2.